The minimum atomic E-state index is -2.97. The number of ether oxygens (including phenoxy) is 1. The maximum atomic E-state index is 11.5. The first kappa shape index (κ1) is 13.3. The van der Waals surface area contributed by atoms with Crippen LogP contribution < -0.4 is 5.32 Å². The molecule has 0 aromatic carbocycles. The van der Waals surface area contributed by atoms with Gasteiger partial charge in [-0.25, -0.2) is 18.2 Å². The largest absolute Gasteiger partial charge is 0.465 e. The van der Waals surface area contributed by atoms with E-state index in [1.165, 1.54) is 13.3 Å². The first-order valence-electron chi connectivity index (χ1n) is 5.36. The number of hydrogen-bond acceptors (Lipinski definition) is 7. The van der Waals surface area contributed by atoms with Gasteiger partial charge in [0.05, 0.1) is 30.4 Å². The Hall–Kier alpha value is -1.15. The number of sulfone groups is 1. The summed E-state index contributed by atoms with van der Waals surface area (Å²) >= 11 is 1.16. The molecule has 1 unspecified atom stereocenters. The summed E-state index contributed by atoms with van der Waals surface area (Å²) in [6, 6.07) is 0. The number of aromatic nitrogens is 1. The molecular weight excluding hydrogens is 276 g/mol. The molecule has 0 amide bonds. The van der Waals surface area contributed by atoms with Crippen molar-refractivity contribution in [3.8, 4) is 0 Å². The summed E-state index contributed by atoms with van der Waals surface area (Å²) in [7, 11) is -1.66. The third-order valence-electron chi connectivity index (χ3n) is 2.80. The zero-order valence-electron chi connectivity index (χ0n) is 10.1. The smallest absolute Gasteiger partial charge is 0.349 e. The molecule has 2 rings (SSSR count). The molecule has 0 saturated carbocycles. The summed E-state index contributed by atoms with van der Waals surface area (Å²) in [6.07, 6.45) is 1.97. The number of carbonyl (C=O) groups excluding carboxylic acids is 1. The van der Waals surface area contributed by atoms with Gasteiger partial charge in [0.1, 0.15) is 4.88 Å². The predicted octanol–water partition coefficient (Wildman–Crippen LogP) is 0.919. The van der Waals surface area contributed by atoms with Gasteiger partial charge in [-0.15, -0.1) is 0 Å². The lowest BCUT2D eigenvalue weighted by Gasteiger charge is -2.23. The summed E-state index contributed by atoms with van der Waals surface area (Å²) in [6.45, 7) is 1.84. The van der Waals surface area contributed by atoms with E-state index in [1.54, 1.807) is 0 Å². The van der Waals surface area contributed by atoms with Gasteiger partial charge < -0.3 is 10.1 Å². The van der Waals surface area contributed by atoms with Crippen molar-refractivity contribution in [1.82, 2.24) is 4.98 Å². The average Bonchev–Trinajstić information content (AvgIpc) is 2.83. The van der Waals surface area contributed by atoms with Gasteiger partial charge in [-0.2, -0.15) is 0 Å². The van der Waals surface area contributed by atoms with Crippen LogP contribution >= 0.6 is 11.3 Å². The molecule has 1 N–H and O–H groups in total. The molecule has 0 spiro atoms. The van der Waals surface area contributed by atoms with Crippen LogP contribution in [0, 0.1) is 0 Å². The fourth-order valence-corrected chi connectivity index (χ4v) is 4.87. The first-order chi connectivity index (χ1) is 8.34. The quantitative estimate of drug-likeness (QED) is 0.833. The lowest BCUT2D eigenvalue weighted by atomic mass is 10.0. The van der Waals surface area contributed by atoms with E-state index in [-0.39, 0.29) is 11.5 Å². The van der Waals surface area contributed by atoms with E-state index in [0.717, 1.165) is 11.3 Å². The van der Waals surface area contributed by atoms with Crippen LogP contribution in [-0.4, -0.2) is 43.5 Å². The maximum absolute atomic E-state index is 11.5. The molecule has 1 aliphatic heterocycles. The van der Waals surface area contributed by atoms with E-state index in [1.807, 2.05) is 6.92 Å². The second-order valence-corrected chi connectivity index (χ2v) is 7.76. The minimum absolute atomic E-state index is 0.0904. The molecule has 1 aromatic rings. The van der Waals surface area contributed by atoms with Crippen molar-refractivity contribution in [1.29, 1.82) is 0 Å². The minimum Gasteiger partial charge on any atom is -0.465 e. The molecule has 1 fully saturated rings. The molecule has 1 saturated heterocycles. The molecule has 18 heavy (non-hydrogen) atoms. The highest BCUT2D eigenvalue weighted by molar-refractivity contribution is 7.91. The van der Waals surface area contributed by atoms with Gasteiger partial charge in [-0.1, -0.05) is 11.3 Å². The Balaban J connectivity index is 2.11. The first-order valence-corrected chi connectivity index (χ1v) is 8.00. The Morgan fingerprint density at radius 1 is 1.61 bits per heavy atom. The van der Waals surface area contributed by atoms with Crippen molar-refractivity contribution in [2.24, 2.45) is 0 Å². The molecule has 0 bridgehead atoms. The van der Waals surface area contributed by atoms with E-state index in [0.29, 0.717) is 16.4 Å². The molecule has 100 valence electrons. The van der Waals surface area contributed by atoms with E-state index >= 15 is 0 Å². The standard InChI is InChI=1S/C10H14N2O4S2/c1-10(3-4-18(14,15)6-10)12-9-11-5-7(17-9)8(13)16-2/h5H,3-4,6H2,1-2H3,(H,11,12). The van der Waals surface area contributed by atoms with Gasteiger partial charge in [0.15, 0.2) is 15.0 Å². The normalized spacial score (nSPS) is 25.9. The van der Waals surface area contributed by atoms with E-state index < -0.39 is 21.3 Å². The van der Waals surface area contributed by atoms with Crippen molar-refractivity contribution in [3.05, 3.63) is 11.1 Å². The number of nitrogens with zero attached hydrogens (tertiary/aromatic N) is 1. The van der Waals surface area contributed by atoms with E-state index in [9.17, 15) is 13.2 Å². The summed E-state index contributed by atoms with van der Waals surface area (Å²) < 4.78 is 27.5. The Bertz CT molecular complexity index is 566. The molecule has 0 aliphatic carbocycles. The monoisotopic (exact) mass is 290 g/mol. The summed E-state index contributed by atoms with van der Waals surface area (Å²) in [5, 5.41) is 3.63. The fourth-order valence-electron chi connectivity index (χ4n) is 1.89. The van der Waals surface area contributed by atoms with Crippen molar-refractivity contribution < 1.29 is 17.9 Å². The second-order valence-electron chi connectivity index (χ2n) is 4.55. The van der Waals surface area contributed by atoms with Gasteiger partial charge >= 0.3 is 5.97 Å². The molecular formula is C10H14N2O4S2. The summed E-state index contributed by atoms with van der Waals surface area (Å²) in [5.74, 6) is -0.163. The second kappa shape index (κ2) is 4.51. The van der Waals surface area contributed by atoms with Crippen LogP contribution in [0.25, 0.3) is 0 Å². The molecule has 8 heteroatoms. The van der Waals surface area contributed by atoms with Crippen LogP contribution in [0.4, 0.5) is 5.13 Å². The number of methoxy groups -OCH3 is 1. The SMILES string of the molecule is COC(=O)c1cnc(NC2(C)CCS(=O)(=O)C2)s1. The zero-order valence-corrected chi connectivity index (χ0v) is 11.7. The Kier molecular flexibility index (Phi) is 3.33. The third-order valence-corrected chi connectivity index (χ3v) is 5.60. The van der Waals surface area contributed by atoms with E-state index in [2.05, 4.69) is 15.0 Å². The predicted molar refractivity (Wildman–Crippen MR) is 68.8 cm³/mol. The number of hydrogen-bond donors (Lipinski definition) is 1. The Morgan fingerprint density at radius 2 is 2.33 bits per heavy atom. The van der Waals surface area contributed by atoms with Crippen molar-refractivity contribution in [3.63, 3.8) is 0 Å². The van der Waals surface area contributed by atoms with Crippen LogP contribution in [0.5, 0.6) is 0 Å². The number of carbonyl (C=O) groups is 1. The maximum Gasteiger partial charge on any atom is 0.349 e. The molecule has 0 radical (unpaired) electrons. The van der Waals surface area contributed by atoms with Crippen molar-refractivity contribution >= 4 is 32.3 Å². The Labute approximate surface area is 109 Å². The summed E-state index contributed by atoms with van der Waals surface area (Å²) in [4.78, 5) is 15.7. The Morgan fingerprint density at radius 3 is 2.89 bits per heavy atom. The van der Waals surface area contributed by atoms with Gasteiger partial charge in [0, 0.05) is 0 Å². The van der Waals surface area contributed by atoms with Crippen molar-refractivity contribution in [2.45, 2.75) is 18.9 Å². The van der Waals surface area contributed by atoms with Crippen LogP contribution in [-0.2, 0) is 14.6 Å². The fraction of sp³-hybridized carbons (Fsp3) is 0.600. The number of thiazole rings is 1. The number of anilines is 1. The molecule has 1 aliphatic rings. The molecule has 6 nitrogen and oxygen atoms in total. The van der Waals surface area contributed by atoms with Crippen LogP contribution in [0.2, 0.25) is 0 Å². The lowest BCUT2D eigenvalue weighted by molar-refractivity contribution is 0.0606. The number of rotatable bonds is 3. The highest BCUT2D eigenvalue weighted by Crippen LogP contribution is 2.29. The van der Waals surface area contributed by atoms with Crippen LogP contribution in [0.3, 0.4) is 0 Å². The van der Waals surface area contributed by atoms with Gasteiger partial charge in [-0.3, -0.25) is 0 Å². The highest BCUT2D eigenvalue weighted by atomic mass is 32.2. The average molecular weight is 290 g/mol. The number of nitrogens with one attached hydrogen (secondary N) is 1. The van der Waals surface area contributed by atoms with Gasteiger partial charge in [-0.05, 0) is 13.3 Å². The highest BCUT2D eigenvalue weighted by Gasteiger charge is 2.38. The van der Waals surface area contributed by atoms with Crippen LogP contribution in [0.15, 0.2) is 6.20 Å². The summed E-state index contributed by atoms with van der Waals surface area (Å²) in [5.41, 5.74) is -0.510. The van der Waals surface area contributed by atoms with E-state index in [4.69, 9.17) is 0 Å². The van der Waals surface area contributed by atoms with Crippen molar-refractivity contribution in [2.75, 3.05) is 23.9 Å². The molecule has 2 heterocycles. The van der Waals surface area contributed by atoms with Gasteiger partial charge in [0.25, 0.3) is 0 Å². The molecule has 1 aromatic heterocycles. The van der Waals surface area contributed by atoms with Crippen LogP contribution in [0.1, 0.15) is 23.0 Å². The lowest BCUT2D eigenvalue weighted by Crippen LogP contribution is -2.35. The molecule has 1 atom stereocenters. The third kappa shape index (κ3) is 2.81. The van der Waals surface area contributed by atoms with Gasteiger partial charge in [0.2, 0.25) is 0 Å². The topological polar surface area (TPSA) is 85.4 Å². The zero-order chi connectivity index (χ0) is 13.4. The number of esters is 1.